The van der Waals surface area contributed by atoms with Crippen LogP contribution in [-0.2, 0) is 0 Å². The van der Waals surface area contributed by atoms with Gasteiger partial charge in [0.2, 0.25) is 0 Å². The summed E-state index contributed by atoms with van der Waals surface area (Å²) in [6.45, 7) is 11.9. The molecule has 0 bridgehead atoms. The highest BCUT2D eigenvalue weighted by atomic mass is 16.5. The average molecular weight is 629 g/mol. The first-order chi connectivity index (χ1) is 22.7. The highest BCUT2D eigenvalue weighted by molar-refractivity contribution is 6.26. The Hall–Kier alpha value is -3.14. The van der Waals surface area contributed by atoms with E-state index >= 15 is 0 Å². The molecule has 0 amide bonds. The second kappa shape index (κ2) is 20.2. The van der Waals surface area contributed by atoms with Gasteiger partial charge in [-0.1, -0.05) is 117 Å². The lowest BCUT2D eigenvalue weighted by Crippen LogP contribution is -2.03. The lowest BCUT2D eigenvalue weighted by molar-refractivity contribution is 0.259. The third-order valence-corrected chi connectivity index (χ3v) is 8.98. The van der Waals surface area contributed by atoms with Gasteiger partial charge in [0.05, 0.1) is 26.4 Å². The standard InChI is InChI=1S/C42H60O4/c1-5-9-13-17-25-43-33-21-23-35-36-24-22-34(44-26-18-14-10-6-2)30-38(36)40-32-42(46-28-20-16-12-8-4)41(31-39(40)37(35)29-33)45-27-19-15-11-7-3/h21-24,29-32H,5-20,25-28H2,1-4H3. The van der Waals surface area contributed by atoms with Crippen molar-refractivity contribution in [3.8, 4) is 23.0 Å². The molecule has 0 atom stereocenters. The Balaban J connectivity index is 1.76. The minimum atomic E-state index is 0.700. The van der Waals surface area contributed by atoms with Crippen molar-refractivity contribution in [3.05, 3.63) is 48.5 Å². The summed E-state index contributed by atoms with van der Waals surface area (Å²) in [5.41, 5.74) is 0. The quantitative estimate of drug-likeness (QED) is 0.0571. The van der Waals surface area contributed by atoms with E-state index in [9.17, 15) is 0 Å². The summed E-state index contributed by atoms with van der Waals surface area (Å²) >= 11 is 0. The lowest BCUT2D eigenvalue weighted by atomic mass is 9.93. The van der Waals surface area contributed by atoms with E-state index in [0.29, 0.717) is 13.2 Å². The van der Waals surface area contributed by atoms with E-state index < -0.39 is 0 Å². The normalized spacial score (nSPS) is 11.5. The molecular weight excluding hydrogens is 568 g/mol. The summed E-state index contributed by atoms with van der Waals surface area (Å²) < 4.78 is 25.5. The van der Waals surface area contributed by atoms with Crippen molar-refractivity contribution in [2.24, 2.45) is 0 Å². The molecule has 4 nitrogen and oxygen atoms in total. The highest BCUT2D eigenvalue weighted by Gasteiger charge is 2.16. The number of benzene rings is 4. The van der Waals surface area contributed by atoms with Gasteiger partial charge >= 0.3 is 0 Å². The van der Waals surface area contributed by atoms with E-state index in [1.165, 1.54) is 109 Å². The van der Waals surface area contributed by atoms with Crippen LogP contribution in [0.1, 0.15) is 130 Å². The number of hydrogen-bond donors (Lipinski definition) is 0. The van der Waals surface area contributed by atoms with Crippen LogP contribution in [0.25, 0.3) is 32.3 Å². The van der Waals surface area contributed by atoms with E-state index in [1.54, 1.807) is 0 Å². The van der Waals surface area contributed by atoms with Crippen molar-refractivity contribution in [1.82, 2.24) is 0 Å². The average Bonchev–Trinajstić information content (AvgIpc) is 3.08. The van der Waals surface area contributed by atoms with Crippen LogP contribution in [-0.4, -0.2) is 26.4 Å². The second-order valence-corrected chi connectivity index (χ2v) is 12.9. The summed E-state index contributed by atoms with van der Waals surface area (Å²) in [5, 5.41) is 7.15. The Labute approximate surface area is 279 Å². The smallest absolute Gasteiger partial charge is 0.161 e. The van der Waals surface area contributed by atoms with Crippen LogP contribution >= 0.6 is 0 Å². The summed E-state index contributed by atoms with van der Waals surface area (Å²) in [7, 11) is 0. The Bertz CT molecular complexity index is 1350. The van der Waals surface area contributed by atoms with Gasteiger partial charge in [0.25, 0.3) is 0 Å². The zero-order valence-electron chi connectivity index (χ0n) is 29.4. The van der Waals surface area contributed by atoms with Crippen molar-refractivity contribution >= 4 is 32.3 Å². The molecule has 252 valence electrons. The first kappa shape index (κ1) is 35.7. The monoisotopic (exact) mass is 628 g/mol. The fraction of sp³-hybridized carbons (Fsp3) is 0.571. The van der Waals surface area contributed by atoms with Crippen molar-refractivity contribution in [3.63, 3.8) is 0 Å². The third-order valence-electron chi connectivity index (χ3n) is 8.98. The molecule has 0 aliphatic rings. The molecule has 0 fully saturated rings. The van der Waals surface area contributed by atoms with Gasteiger partial charge in [-0.15, -0.1) is 0 Å². The van der Waals surface area contributed by atoms with Crippen LogP contribution in [0.5, 0.6) is 23.0 Å². The molecule has 0 aliphatic heterocycles. The van der Waals surface area contributed by atoms with Crippen molar-refractivity contribution in [2.45, 2.75) is 130 Å². The zero-order chi connectivity index (χ0) is 32.4. The van der Waals surface area contributed by atoms with Gasteiger partial charge in [0, 0.05) is 0 Å². The van der Waals surface area contributed by atoms with Gasteiger partial charge in [0.15, 0.2) is 11.5 Å². The summed E-state index contributed by atoms with van der Waals surface area (Å²) in [4.78, 5) is 0. The Morgan fingerprint density at radius 2 is 0.652 bits per heavy atom. The van der Waals surface area contributed by atoms with E-state index in [-0.39, 0.29) is 0 Å². The maximum absolute atomic E-state index is 6.49. The van der Waals surface area contributed by atoms with Gasteiger partial charge < -0.3 is 18.9 Å². The molecule has 0 unspecified atom stereocenters. The predicted octanol–water partition coefficient (Wildman–Crippen LogP) is 13.0. The first-order valence-electron chi connectivity index (χ1n) is 18.7. The van der Waals surface area contributed by atoms with Gasteiger partial charge in [0.1, 0.15) is 11.5 Å². The van der Waals surface area contributed by atoms with Crippen LogP contribution in [0.3, 0.4) is 0 Å². The van der Waals surface area contributed by atoms with Crippen LogP contribution < -0.4 is 18.9 Å². The van der Waals surface area contributed by atoms with Crippen molar-refractivity contribution < 1.29 is 18.9 Å². The van der Waals surface area contributed by atoms with Crippen LogP contribution in [0.15, 0.2) is 48.5 Å². The van der Waals surface area contributed by atoms with Crippen LogP contribution in [0.2, 0.25) is 0 Å². The zero-order valence-corrected chi connectivity index (χ0v) is 29.4. The van der Waals surface area contributed by atoms with Crippen LogP contribution in [0, 0.1) is 0 Å². The van der Waals surface area contributed by atoms with Gasteiger partial charge in [-0.3, -0.25) is 0 Å². The molecule has 4 aromatic carbocycles. The molecule has 0 heterocycles. The third kappa shape index (κ3) is 10.4. The molecule has 4 rings (SSSR count). The fourth-order valence-corrected chi connectivity index (χ4v) is 6.23. The number of unbranched alkanes of at least 4 members (excludes halogenated alkanes) is 12. The van der Waals surface area contributed by atoms with Crippen molar-refractivity contribution in [2.75, 3.05) is 26.4 Å². The number of hydrogen-bond acceptors (Lipinski definition) is 4. The van der Waals surface area contributed by atoms with E-state index in [4.69, 9.17) is 18.9 Å². The molecular formula is C42H60O4. The Morgan fingerprint density at radius 3 is 1.00 bits per heavy atom. The highest BCUT2D eigenvalue weighted by Crippen LogP contribution is 2.43. The van der Waals surface area contributed by atoms with Gasteiger partial charge in [-0.25, -0.2) is 0 Å². The molecule has 0 N–H and O–H groups in total. The molecule has 46 heavy (non-hydrogen) atoms. The van der Waals surface area contributed by atoms with Crippen LogP contribution in [0.4, 0.5) is 0 Å². The Morgan fingerprint density at radius 1 is 0.326 bits per heavy atom. The maximum Gasteiger partial charge on any atom is 0.161 e. The summed E-state index contributed by atoms with van der Waals surface area (Å²) in [6, 6.07) is 17.6. The minimum Gasteiger partial charge on any atom is -0.494 e. The largest absolute Gasteiger partial charge is 0.494 e. The molecule has 0 saturated heterocycles. The molecule has 0 radical (unpaired) electrons. The maximum atomic E-state index is 6.49. The van der Waals surface area contributed by atoms with E-state index in [0.717, 1.165) is 61.9 Å². The SMILES string of the molecule is CCCCCCOc1ccc2c3ccc(OCCCCCC)cc3c3cc(OCCCCCC)c(OCCCCCC)cc3c2c1. The fourth-order valence-electron chi connectivity index (χ4n) is 6.23. The molecule has 4 aromatic rings. The molecule has 0 saturated carbocycles. The Kier molecular flexibility index (Phi) is 15.7. The second-order valence-electron chi connectivity index (χ2n) is 12.9. The number of fused-ring (bicyclic) bond motifs is 6. The molecule has 4 heteroatoms. The predicted molar refractivity (Wildman–Crippen MR) is 198 cm³/mol. The van der Waals surface area contributed by atoms with Gasteiger partial charge in [-0.2, -0.15) is 0 Å². The van der Waals surface area contributed by atoms with E-state index in [2.05, 4.69) is 76.2 Å². The molecule has 0 aliphatic carbocycles. The number of ether oxygens (including phenoxy) is 4. The van der Waals surface area contributed by atoms with Gasteiger partial charge in [-0.05, 0) is 94.4 Å². The number of rotatable bonds is 24. The summed E-state index contributed by atoms with van der Waals surface area (Å²) in [5.74, 6) is 3.54. The van der Waals surface area contributed by atoms with Crippen molar-refractivity contribution in [1.29, 1.82) is 0 Å². The van der Waals surface area contributed by atoms with E-state index in [1.807, 2.05) is 0 Å². The summed E-state index contributed by atoms with van der Waals surface area (Å²) in [6.07, 6.45) is 18.9. The molecule has 0 aromatic heterocycles. The lowest BCUT2D eigenvalue weighted by Gasteiger charge is -2.18. The topological polar surface area (TPSA) is 36.9 Å². The first-order valence-corrected chi connectivity index (χ1v) is 18.7. The minimum absolute atomic E-state index is 0.700. The molecule has 0 spiro atoms.